The summed E-state index contributed by atoms with van der Waals surface area (Å²) in [4.78, 5) is 0. The van der Waals surface area contributed by atoms with Crippen molar-refractivity contribution in [2.24, 2.45) is 11.7 Å². The molecule has 1 aliphatic rings. The van der Waals surface area contributed by atoms with Gasteiger partial charge in [0, 0.05) is 12.1 Å². The molecule has 0 spiro atoms. The monoisotopic (exact) mass is 283 g/mol. The Morgan fingerprint density at radius 3 is 2.48 bits per heavy atom. The van der Waals surface area contributed by atoms with Crippen molar-refractivity contribution in [3.63, 3.8) is 0 Å². The standard InChI is InChI=1S/C18H21NO2/c1-20-16-7-5-15(6-8-16)17-10-14(11-19)4-9-18(17)21-12-13-2-3-13/h4-10,13H,2-3,11-12,19H2,1H3. The Balaban J connectivity index is 1.91. The molecule has 21 heavy (non-hydrogen) atoms. The molecule has 2 N–H and O–H groups in total. The zero-order valence-electron chi connectivity index (χ0n) is 12.3. The third kappa shape index (κ3) is 3.37. The first-order chi connectivity index (χ1) is 10.3. The molecule has 2 aromatic rings. The van der Waals surface area contributed by atoms with Crippen LogP contribution in [0.1, 0.15) is 18.4 Å². The van der Waals surface area contributed by atoms with Gasteiger partial charge in [0.25, 0.3) is 0 Å². The van der Waals surface area contributed by atoms with Gasteiger partial charge in [-0.15, -0.1) is 0 Å². The van der Waals surface area contributed by atoms with Gasteiger partial charge in [0.15, 0.2) is 0 Å². The van der Waals surface area contributed by atoms with Gasteiger partial charge in [-0.3, -0.25) is 0 Å². The van der Waals surface area contributed by atoms with E-state index in [0.717, 1.165) is 40.7 Å². The number of benzene rings is 2. The Labute approximate surface area is 125 Å². The van der Waals surface area contributed by atoms with Crippen LogP contribution in [0.3, 0.4) is 0 Å². The number of nitrogens with two attached hydrogens (primary N) is 1. The van der Waals surface area contributed by atoms with Crippen LogP contribution >= 0.6 is 0 Å². The van der Waals surface area contributed by atoms with Gasteiger partial charge in [-0.25, -0.2) is 0 Å². The lowest BCUT2D eigenvalue weighted by molar-refractivity contribution is 0.301. The van der Waals surface area contributed by atoms with Gasteiger partial charge >= 0.3 is 0 Å². The molecule has 0 aliphatic heterocycles. The highest BCUT2D eigenvalue weighted by molar-refractivity contribution is 5.71. The van der Waals surface area contributed by atoms with Crippen molar-refractivity contribution >= 4 is 0 Å². The maximum Gasteiger partial charge on any atom is 0.127 e. The molecule has 0 unspecified atom stereocenters. The molecule has 1 saturated carbocycles. The summed E-state index contributed by atoms with van der Waals surface area (Å²) in [5.74, 6) is 2.53. The summed E-state index contributed by atoms with van der Waals surface area (Å²) in [7, 11) is 1.67. The molecule has 3 rings (SSSR count). The minimum absolute atomic E-state index is 0.534. The molecule has 1 aliphatic carbocycles. The molecule has 1 fully saturated rings. The number of hydrogen-bond donors (Lipinski definition) is 1. The van der Waals surface area contributed by atoms with Crippen LogP contribution in [0.2, 0.25) is 0 Å². The summed E-state index contributed by atoms with van der Waals surface area (Å²) in [6.45, 7) is 1.34. The second-order valence-corrected chi connectivity index (χ2v) is 5.52. The first-order valence-corrected chi connectivity index (χ1v) is 7.40. The van der Waals surface area contributed by atoms with Crippen LogP contribution in [0.4, 0.5) is 0 Å². The van der Waals surface area contributed by atoms with E-state index in [1.807, 2.05) is 24.3 Å². The third-order valence-electron chi connectivity index (χ3n) is 3.85. The fourth-order valence-corrected chi connectivity index (χ4v) is 2.32. The summed E-state index contributed by atoms with van der Waals surface area (Å²) in [5, 5.41) is 0. The van der Waals surface area contributed by atoms with Crippen molar-refractivity contribution in [3.8, 4) is 22.6 Å². The van der Waals surface area contributed by atoms with Gasteiger partial charge in [0.05, 0.1) is 13.7 Å². The first kappa shape index (κ1) is 14.0. The normalized spacial score (nSPS) is 14.0. The van der Waals surface area contributed by atoms with Crippen LogP contribution in [0.5, 0.6) is 11.5 Å². The van der Waals surface area contributed by atoms with E-state index < -0.39 is 0 Å². The van der Waals surface area contributed by atoms with Crippen molar-refractivity contribution in [1.29, 1.82) is 0 Å². The van der Waals surface area contributed by atoms with Crippen LogP contribution < -0.4 is 15.2 Å². The molecule has 3 heteroatoms. The summed E-state index contributed by atoms with van der Waals surface area (Å²) < 4.78 is 11.2. The van der Waals surface area contributed by atoms with Crippen LogP contribution in [0.25, 0.3) is 11.1 Å². The molecule has 0 bridgehead atoms. The fraction of sp³-hybridized carbons (Fsp3) is 0.333. The maximum atomic E-state index is 6.00. The van der Waals surface area contributed by atoms with Crippen molar-refractivity contribution in [3.05, 3.63) is 48.0 Å². The minimum atomic E-state index is 0.534. The zero-order valence-corrected chi connectivity index (χ0v) is 12.3. The van der Waals surface area contributed by atoms with Crippen LogP contribution in [0.15, 0.2) is 42.5 Å². The molecule has 0 saturated heterocycles. The second kappa shape index (κ2) is 6.19. The average Bonchev–Trinajstić information content (AvgIpc) is 3.37. The predicted molar refractivity (Wildman–Crippen MR) is 84.5 cm³/mol. The van der Waals surface area contributed by atoms with Crippen LogP contribution in [-0.2, 0) is 6.54 Å². The smallest absolute Gasteiger partial charge is 0.127 e. The van der Waals surface area contributed by atoms with Crippen molar-refractivity contribution < 1.29 is 9.47 Å². The number of methoxy groups -OCH3 is 1. The molecule has 0 radical (unpaired) electrons. The Kier molecular flexibility index (Phi) is 4.11. The Bertz CT molecular complexity index is 603. The maximum absolute atomic E-state index is 6.00. The molecule has 0 aromatic heterocycles. The molecule has 0 amide bonds. The van der Waals surface area contributed by atoms with Crippen molar-refractivity contribution in [2.75, 3.05) is 13.7 Å². The molecule has 3 nitrogen and oxygen atoms in total. The average molecular weight is 283 g/mol. The topological polar surface area (TPSA) is 44.5 Å². The Hall–Kier alpha value is -2.00. The summed E-state index contributed by atoms with van der Waals surface area (Å²) >= 11 is 0. The first-order valence-electron chi connectivity index (χ1n) is 7.40. The summed E-state index contributed by atoms with van der Waals surface area (Å²) in [6, 6.07) is 14.2. The fourth-order valence-electron chi connectivity index (χ4n) is 2.32. The van der Waals surface area contributed by atoms with Gasteiger partial charge < -0.3 is 15.2 Å². The quantitative estimate of drug-likeness (QED) is 0.880. The molecule has 0 atom stereocenters. The van der Waals surface area contributed by atoms with Crippen molar-refractivity contribution in [1.82, 2.24) is 0 Å². The highest BCUT2D eigenvalue weighted by Gasteiger charge is 2.22. The lowest BCUT2D eigenvalue weighted by atomic mass is 10.0. The highest BCUT2D eigenvalue weighted by Crippen LogP contribution is 2.35. The van der Waals surface area contributed by atoms with E-state index in [0.29, 0.717) is 6.54 Å². The Morgan fingerprint density at radius 1 is 1.10 bits per heavy atom. The molecule has 110 valence electrons. The number of hydrogen-bond acceptors (Lipinski definition) is 3. The largest absolute Gasteiger partial charge is 0.497 e. The second-order valence-electron chi connectivity index (χ2n) is 5.52. The number of rotatable bonds is 6. The van der Waals surface area contributed by atoms with Gasteiger partial charge in [0.2, 0.25) is 0 Å². The van der Waals surface area contributed by atoms with Gasteiger partial charge in [-0.05, 0) is 54.2 Å². The van der Waals surface area contributed by atoms with E-state index in [9.17, 15) is 0 Å². The molecular formula is C18H21NO2. The van der Waals surface area contributed by atoms with Gasteiger partial charge in [-0.1, -0.05) is 18.2 Å². The van der Waals surface area contributed by atoms with E-state index in [4.69, 9.17) is 15.2 Å². The van der Waals surface area contributed by atoms with E-state index in [-0.39, 0.29) is 0 Å². The summed E-state index contributed by atoms with van der Waals surface area (Å²) in [6.07, 6.45) is 2.58. The summed E-state index contributed by atoms with van der Waals surface area (Å²) in [5.41, 5.74) is 9.10. The SMILES string of the molecule is COc1ccc(-c2cc(CN)ccc2OCC2CC2)cc1. The van der Waals surface area contributed by atoms with Crippen LogP contribution in [-0.4, -0.2) is 13.7 Å². The highest BCUT2D eigenvalue weighted by atomic mass is 16.5. The number of ether oxygens (including phenoxy) is 2. The van der Waals surface area contributed by atoms with E-state index >= 15 is 0 Å². The lowest BCUT2D eigenvalue weighted by Gasteiger charge is -2.13. The minimum Gasteiger partial charge on any atom is -0.497 e. The van der Waals surface area contributed by atoms with Crippen molar-refractivity contribution in [2.45, 2.75) is 19.4 Å². The molecular weight excluding hydrogens is 262 g/mol. The lowest BCUT2D eigenvalue weighted by Crippen LogP contribution is -2.02. The van der Waals surface area contributed by atoms with E-state index in [1.54, 1.807) is 7.11 Å². The van der Waals surface area contributed by atoms with E-state index in [2.05, 4.69) is 18.2 Å². The Morgan fingerprint density at radius 2 is 1.86 bits per heavy atom. The van der Waals surface area contributed by atoms with Crippen LogP contribution in [0, 0.1) is 5.92 Å². The predicted octanol–water partition coefficient (Wildman–Crippen LogP) is 3.61. The molecule has 2 aromatic carbocycles. The zero-order chi connectivity index (χ0) is 14.7. The molecule has 0 heterocycles. The third-order valence-corrected chi connectivity index (χ3v) is 3.85. The van der Waals surface area contributed by atoms with Gasteiger partial charge in [-0.2, -0.15) is 0 Å². The van der Waals surface area contributed by atoms with E-state index in [1.165, 1.54) is 12.8 Å². The van der Waals surface area contributed by atoms with Gasteiger partial charge in [0.1, 0.15) is 11.5 Å².